The lowest BCUT2D eigenvalue weighted by Crippen LogP contribution is -2.62. The Balaban J connectivity index is 1.47. The smallest absolute Gasteiger partial charge is 0.338 e. The number of rotatable bonds is 8. The molecule has 1 N–H and O–H groups in total. The highest BCUT2D eigenvalue weighted by Gasteiger charge is 2.57. The van der Waals surface area contributed by atoms with E-state index >= 15 is 0 Å². The summed E-state index contributed by atoms with van der Waals surface area (Å²) in [5.74, 6) is -1.49. The predicted octanol–water partition coefficient (Wildman–Crippen LogP) is 5.81. The Labute approximate surface area is 258 Å². The number of hydrogen-bond donors (Lipinski definition) is 1. The highest BCUT2D eigenvalue weighted by Crippen LogP contribution is 2.47. The summed E-state index contributed by atoms with van der Waals surface area (Å²) >= 11 is 3.51. The van der Waals surface area contributed by atoms with Gasteiger partial charge in [0.2, 0.25) is 0 Å². The van der Waals surface area contributed by atoms with Crippen molar-refractivity contribution in [3.8, 4) is 5.75 Å². The first-order chi connectivity index (χ1) is 20.9. The van der Waals surface area contributed by atoms with Gasteiger partial charge < -0.3 is 19.7 Å². The molecule has 43 heavy (non-hydrogen) atoms. The number of carbonyl (C=O) groups excluding carboxylic acids is 3. The largest absolute Gasteiger partial charge is 0.497 e. The molecule has 2 amide bonds. The van der Waals surface area contributed by atoms with Gasteiger partial charge in [0.15, 0.2) is 11.3 Å². The Morgan fingerprint density at radius 1 is 0.907 bits per heavy atom. The summed E-state index contributed by atoms with van der Waals surface area (Å²) in [6, 6.07) is 33.5. The van der Waals surface area contributed by atoms with Crippen LogP contribution >= 0.6 is 15.9 Å². The van der Waals surface area contributed by atoms with E-state index in [9.17, 15) is 14.4 Å². The molecule has 0 unspecified atom stereocenters. The van der Waals surface area contributed by atoms with Crippen LogP contribution in [0.3, 0.4) is 0 Å². The minimum absolute atomic E-state index is 0.0382. The lowest BCUT2D eigenvalue weighted by Gasteiger charge is -2.43. The molecular weight excluding hydrogens is 608 g/mol. The van der Waals surface area contributed by atoms with E-state index in [2.05, 4.69) is 21.2 Å². The van der Waals surface area contributed by atoms with Crippen LogP contribution in [0.25, 0.3) is 0 Å². The second kappa shape index (κ2) is 11.9. The van der Waals surface area contributed by atoms with Crippen LogP contribution in [0.1, 0.15) is 33.0 Å². The molecule has 0 saturated carbocycles. The molecule has 2 aliphatic rings. The monoisotopic (exact) mass is 636 g/mol. The standard InChI is InChI=1S/C35H29BrN2O5/c1-42-28-18-14-26(15-19-28)32(39)37-35(20-23-8-4-2-5-9-23)30(25-12-16-27(36)17-13-25)29-22-38(21-24-10-6-3-7-11-24)33(40)31(29)43-34(35)41/h2-19,30H,20-22H2,1H3,(H,37,39)/t30-,35-/m1/s1. The Kier molecular flexibility index (Phi) is 7.86. The highest BCUT2D eigenvalue weighted by molar-refractivity contribution is 9.10. The highest BCUT2D eigenvalue weighted by atomic mass is 79.9. The van der Waals surface area contributed by atoms with Gasteiger partial charge >= 0.3 is 5.97 Å². The molecule has 0 bridgehead atoms. The predicted molar refractivity (Wildman–Crippen MR) is 165 cm³/mol. The van der Waals surface area contributed by atoms with Crippen LogP contribution in [0.5, 0.6) is 5.75 Å². The maximum Gasteiger partial charge on any atom is 0.338 e. The maximum absolute atomic E-state index is 14.3. The van der Waals surface area contributed by atoms with E-state index in [4.69, 9.17) is 9.47 Å². The van der Waals surface area contributed by atoms with E-state index < -0.39 is 23.3 Å². The van der Waals surface area contributed by atoms with Crippen molar-refractivity contribution in [3.63, 3.8) is 0 Å². The number of nitrogens with zero attached hydrogens (tertiary/aromatic N) is 1. The second-order valence-electron chi connectivity index (χ2n) is 10.7. The maximum atomic E-state index is 14.3. The van der Waals surface area contributed by atoms with Crippen molar-refractivity contribution >= 4 is 33.7 Å². The topological polar surface area (TPSA) is 84.9 Å². The number of benzene rings is 4. The van der Waals surface area contributed by atoms with Gasteiger partial charge in [0.05, 0.1) is 7.11 Å². The molecule has 4 aromatic rings. The molecule has 0 spiro atoms. The van der Waals surface area contributed by atoms with E-state index in [1.54, 1.807) is 36.3 Å². The molecule has 2 heterocycles. The van der Waals surface area contributed by atoms with Crippen LogP contribution in [0, 0.1) is 0 Å². The van der Waals surface area contributed by atoms with Crippen LogP contribution < -0.4 is 10.1 Å². The summed E-state index contributed by atoms with van der Waals surface area (Å²) in [4.78, 5) is 43.6. The molecule has 0 aliphatic carbocycles. The van der Waals surface area contributed by atoms with Crippen molar-refractivity contribution in [3.05, 3.63) is 147 Å². The minimum atomic E-state index is -1.55. The molecule has 8 heteroatoms. The van der Waals surface area contributed by atoms with Gasteiger partial charge in [-0.3, -0.25) is 9.59 Å². The summed E-state index contributed by atoms with van der Waals surface area (Å²) in [5, 5.41) is 3.11. The normalized spacial score (nSPS) is 19.6. The van der Waals surface area contributed by atoms with E-state index in [0.717, 1.165) is 21.2 Å². The zero-order valence-corrected chi connectivity index (χ0v) is 25.0. The van der Waals surface area contributed by atoms with Crippen molar-refractivity contribution in [2.45, 2.75) is 24.4 Å². The third-order valence-corrected chi connectivity index (χ3v) is 8.50. The van der Waals surface area contributed by atoms with E-state index in [0.29, 0.717) is 23.4 Å². The molecule has 0 radical (unpaired) electrons. The fourth-order valence-corrected chi connectivity index (χ4v) is 6.17. The molecule has 4 aromatic carbocycles. The quantitative estimate of drug-likeness (QED) is 0.247. The van der Waals surface area contributed by atoms with Crippen LogP contribution in [-0.4, -0.2) is 41.9 Å². The number of carbonyl (C=O) groups is 3. The third-order valence-electron chi connectivity index (χ3n) is 7.97. The van der Waals surface area contributed by atoms with Crippen LogP contribution in [0.4, 0.5) is 0 Å². The molecule has 0 saturated heterocycles. The number of nitrogens with one attached hydrogen (secondary N) is 1. The number of hydrogen-bond acceptors (Lipinski definition) is 5. The van der Waals surface area contributed by atoms with Gasteiger partial charge in [0.25, 0.3) is 11.8 Å². The molecule has 216 valence electrons. The van der Waals surface area contributed by atoms with Crippen molar-refractivity contribution in [2.24, 2.45) is 0 Å². The summed E-state index contributed by atoms with van der Waals surface area (Å²) in [5.41, 5.74) is 2.07. The molecular formula is C35H29BrN2O5. The number of methoxy groups -OCH3 is 1. The Morgan fingerprint density at radius 3 is 2.16 bits per heavy atom. The summed E-state index contributed by atoms with van der Waals surface area (Å²) < 4.78 is 12.1. The average molecular weight is 638 g/mol. The van der Waals surface area contributed by atoms with E-state index in [1.807, 2.05) is 84.9 Å². The SMILES string of the molecule is COc1ccc(C(=O)N[C@@]2(Cc3ccccc3)C(=O)OC3=C(CN(Cc4ccccc4)C3=O)[C@H]2c2ccc(Br)cc2)cc1. The summed E-state index contributed by atoms with van der Waals surface area (Å²) in [6.07, 6.45) is 0.152. The molecule has 0 fully saturated rings. The van der Waals surface area contributed by atoms with Gasteiger partial charge in [-0.15, -0.1) is 0 Å². The van der Waals surface area contributed by atoms with Crippen molar-refractivity contribution in [1.82, 2.24) is 10.2 Å². The number of halogens is 1. The minimum Gasteiger partial charge on any atom is -0.497 e. The fourth-order valence-electron chi connectivity index (χ4n) is 5.91. The molecule has 2 aliphatic heterocycles. The van der Waals surface area contributed by atoms with Crippen molar-refractivity contribution in [2.75, 3.05) is 13.7 Å². The fraction of sp³-hybridized carbons (Fsp3) is 0.171. The first-order valence-electron chi connectivity index (χ1n) is 13.9. The number of esters is 1. The third kappa shape index (κ3) is 5.58. The first kappa shape index (κ1) is 28.4. The van der Waals surface area contributed by atoms with Gasteiger partial charge in [-0.05, 0) is 53.1 Å². The number of amides is 2. The molecule has 2 atom stereocenters. The second-order valence-corrected chi connectivity index (χ2v) is 11.6. The average Bonchev–Trinajstić information content (AvgIpc) is 3.32. The van der Waals surface area contributed by atoms with E-state index in [1.165, 1.54) is 0 Å². The zero-order valence-electron chi connectivity index (χ0n) is 23.5. The van der Waals surface area contributed by atoms with E-state index in [-0.39, 0.29) is 24.6 Å². The Bertz CT molecular complexity index is 1690. The molecule has 6 rings (SSSR count). The lowest BCUT2D eigenvalue weighted by molar-refractivity contribution is -0.152. The zero-order chi connectivity index (χ0) is 30.0. The van der Waals surface area contributed by atoms with Gasteiger partial charge in [0.1, 0.15) is 5.75 Å². The van der Waals surface area contributed by atoms with Gasteiger partial charge in [-0.2, -0.15) is 0 Å². The van der Waals surface area contributed by atoms with Crippen molar-refractivity contribution in [1.29, 1.82) is 0 Å². The van der Waals surface area contributed by atoms with Gasteiger partial charge in [-0.1, -0.05) is 88.7 Å². The van der Waals surface area contributed by atoms with Crippen LogP contribution in [0.15, 0.2) is 125 Å². The van der Waals surface area contributed by atoms with Crippen molar-refractivity contribution < 1.29 is 23.9 Å². The number of ether oxygens (including phenoxy) is 2. The Morgan fingerprint density at radius 2 is 1.53 bits per heavy atom. The molecule has 0 aromatic heterocycles. The Hall–Kier alpha value is -4.69. The summed E-state index contributed by atoms with van der Waals surface area (Å²) in [7, 11) is 1.56. The lowest BCUT2D eigenvalue weighted by atomic mass is 9.70. The van der Waals surface area contributed by atoms with Crippen LogP contribution in [-0.2, 0) is 27.3 Å². The van der Waals surface area contributed by atoms with Gasteiger partial charge in [0, 0.05) is 41.0 Å². The van der Waals surface area contributed by atoms with Gasteiger partial charge in [-0.25, -0.2) is 4.79 Å². The van der Waals surface area contributed by atoms with Crippen LogP contribution in [0.2, 0.25) is 0 Å². The summed E-state index contributed by atoms with van der Waals surface area (Å²) in [6.45, 7) is 0.618. The molecule has 7 nitrogen and oxygen atoms in total. The first-order valence-corrected chi connectivity index (χ1v) is 14.7.